The number of hydrogen-bond donors (Lipinski definition) is 0. The van der Waals surface area contributed by atoms with Crippen LogP contribution in [0.15, 0.2) is 55.2 Å². The molecule has 19 heavy (non-hydrogen) atoms. The molecule has 0 saturated heterocycles. The fourth-order valence-electron chi connectivity index (χ4n) is 2.25. The molecule has 0 aliphatic carbocycles. The van der Waals surface area contributed by atoms with Crippen molar-refractivity contribution < 1.29 is 4.57 Å². The van der Waals surface area contributed by atoms with Gasteiger partial charge in [-0.3, -0.25) is 0 Å². The van der Waals surface area contributed by atoms with Crippen LogP contribution in [0.5, 0.6) is 0 Å². The Morgan fingerprint density at radius 3 is 2.53 bits per heavy atom. The van der Waals surface area contributed by atoms with Crippen molar-refractivity contribution in [3.05, 3.63) is 72.1 Å². The molecule has 0 radical (unpaired) electrons. The maximum Gasteiger partial charge on any atom is 0.184 e. The highest BCUT2D eigenvalue weighted by Gasteiger charge is 2.15. The van der Waals surface area contributed by atoms with E-state index in [-0.39, 0.29) is 0 Å². The molecule has 0 amide bonds. The van der Waals surface area contributed by atoms with Gasteiger partial charge in [0.25, 0.3) is 0 Å². The molecular weight excluding hydrogens is 230 g/mol. The Labute approximate surface area is 116 Å². The number of nitrogens with zero attached hydrogens (tertiary/aromatic N) is 1. The van der Waals surface area contributed by atoms with E-state index in [1.807, 2.05) is 6.08 Å². The summed E-state index contributed by atoms with van der Waals surface area (Å²) in [4.78, 5) is 0. The minimum atomic E-state index is 0.591. The van der Waals surface area contributed by atoms with E-state index in [1.54, 1.807) is 0 Å². The molecule has 1 aromatic carbocycles. The molecule has 0 aliphatic heterocycles. The number of aromatic nitrogens is 1. The van der Waals surface area contributed by atoms with Crippen LogP contribution in [0.3, 0.4) is 0 Å². The Hall–Kier alpha value is -1.89. The second kappa shape index (κ2) is 6.33. The second-order valence-electron chi connectivity index (χ2n) is 5.01. The second-order valence-corrected chi connectivity index (χ2v) is 5.01. The van der Waals surface area contributed by atoms with Crippen LogP contribution >= 0.6 is 0 Å². The molecule has 1 nitrogen and oxygen atoms in total. The standard InChI is InChI=1S/C18H22N/c1-4-15(3)18-8-6-7-13-19(18)14-17-11-9-16(5-2)10-12-17/h5-13,15H,2,4,14H2,1,3H3/q+1. The zero-order valence-electron chi connectivity index (χ0n) is 11.8. The third kappa shape index (κ3) is 3.31. The first-order chi connectivity index (χ1) is 9.24. The quantitative estimate of drug-likeness (QED) is 0.703. The molecule has 0 saturated carbocycles. The zero-order valence-corrected chi connectivity index (χ0v) is 11.8. The van der Waals surface area contributed by atoms with E-state index in [1.165, 1.54) is 23.2 Å². The molecule has 2 aromatic rings. The lowest BCUT2D eigenvalue weighted by Gasteiger charge is -2.09. The van der Waals surface area contributed by atoms with E-state index in [9.17, 15) is 0 Å². The summed E-state index contributed by atoms with van der Waals surface area (Å²) in [6, 6.07) is 15.0. The average Bonchev–Trinajstić information content (AvgIpc) is 2.48. The molecule has 0 fully saturated rings. The van der Waals surface area contributed by atoms with Gasteiger partial charge >= 0.3 is 0 Å². The van der Waals surface area contributed by atoms with E-state index >= 15 is 0 Å². The first kappa shape index (κ1) is 13.5. The Bertz CT molecular complexity index is 540. The van der Waals surface area contributed by atoms with Crippen LogP contribution in [0.25, 0.3) is 6.08 Å². The molecular formula is C18H22N+. The summed E-state index contributed by atoms with van der Waals surface area (Å²) in [6.07, 6.45) is 5.21. The van der Waals surface area contributed by atoms with Gasteiger partial charge in [0.2, 0.25) is 0 Å². The van der Waals surface area contributed by atoms with Crippen LogP contribution in [0, 0.1) is 0 Å². The summed E-state index contributed by atoms with van der Waals surface area (Å²) in [7, 11) is 0. The summed E-state index contributed by atoms with van der Waals surface area (Å²) >= 11 is 0. The molecule has 1 aromatic heterocycles. The predicted octanol–water partition coefficient (Wildman–Crippen LogP) is 4.18. The number of rotatable bonds is 5. The molecule has 0 N–H and O–H groups in total. The van der Waals surface area contributed by atoms with Crippen molar-refractivity contribution in [3.8, 4) is 0 Å². The predicted molar refractivity (Wildman–Crippen MR) is 81.0 cm³/mol. The number of hydrogen-bond acceptors (Lipinski definition) is 0. The Balaban J connectivity index is 2.24. The first-order valence-electron chi connectivity index (χ1n) is 6.94. The topological polar surface area (TPSA) is 3.88 Å². The van der Waals surface area contributed by atoms with E-state index in [2.05, 4.69) is 73.7 Å². The third-order valence-corrected chi connectivity index (χ3v) is 3.66. The molecule has 1 heteroatoms. The molecule has 1 unspecified atom stereocenters. The molecule has 1 heterocycles. The maximum atomic E-state index is 3.79. The summed E-state index contributed by atoms with van der Waals surface area (Å²) in [5.74, 6) is 0.591. The van der Waals surface area contributed by atoms with Gasteiger partial charge in [0.05, 0.1) is 0 Å². The summed E-state index contributed by atoms with van der Waals surface area (Å²) in [5, 5.41) is 0. The van der Waals surface area contributed by atoms with Crippen LogP contribution in [0.2, 0.25) is 0 Å². The molecule has 0 spiro atoms. The van der Waals surface area contributed by atoms with Crippen LogP contribution in [0.1, 0.15) is 43.0 Å². The van der Waals surface area contributed by atoms with Gasteiger partial charge < -0.3 is 0 Å². The average molecular weight is 252 g/mol. The number of benzene rings is 1. The van der Waals surface area contributed by atoms with Gasteiger partial charge in [0.1, 0.15) is 0 Å². The molecule has 2 rings (SSSR count). The van der Waals surface area contributed by atoms with E-state index < -0.39 is 0 Å². The normalized spacial score (nSPS) is 12.1. The maximum absolute atomic E-state index is 3.79. The van der Waals surface area contributed by atoms with Gasteiger partial charge in [0, 0.05) is 23.6 Å². The minimum absolute atomic E-state index is 0.591. The van der Waals surface area contributed by atoms with Crippen LogP contribution < -0.4 is 4.57 Å². The number of pyridine rings is 1. The van der Waals surface area contributed by atoms with Gasteiger partial charge in [-0.1, -0.05) is 56.8 Å². The lowest BCUT2D eigenvalue weighted by molar-refractivity contribution is -0.697. The van der Waals surface area contributed by atoms with Crippen molar-refractivity contribution in [1.82, 2.24) is 0 Å². The van der Waals surface area contributed by atoms with Gasteiger partial charge in [-0.2, -0.15) is 4.57 Å². The molecule has 0 aliphatic rings. The van der Waals surface area contributed by atoms with E-state index in [0.717, 1.165) is 6.54 Å². The summed E-state index contributed by atoms with van der Waals surface area (Å²) in [5.41, 5.74) is 3.90. The van der Waals surface area contributed by atoms with Crippen molar-refractivity contribution in [2.75, 3.05) is 0 Å². The highest BCUT2D eigenvalue weighted by molar-refractivity contribution is 5.47. The minimum Gasteiger partial charge on any atom is -0.198 e. The lowest BCUT2D eigenvalue weighted by atomic mass is 10.0. The van der Waals surface area contributed by atoms with Crippen molar-refractivity contribution in [1.29, 1.82) is 0 Å². The monoisotopic (exact) mass is 252 g/mol. The molecule has 98 valence electrons. The van der Waals surface area contributed by atoms with Crippen molar-refractivity contribution in [2.45, 2.75) is 32.7 Å². The largest absolute Gasteiger partial charge is 0.198 e. The van der Waals surface area contributed by atoms with Crippen LogP contribution in [0.4, 0.5) is 0 Å². The Morgan fingerprint density at radius 2 is 1.89 bits per heavy atom. The fourth-order valence-corrected chi connectivity index (χ4v) is 2.25. The smallest absolute Gasteiger partial charge is 0.184 e. The lowest BCUT2D eigenvalue weighted by Crippen LogP contribution is -2.39. The molecule has 1 atom stereocenters. The van der Waals surface area contributed by atoms with Gasteiger partial charge in [-0.25, -0.2) is 0 Å². The summed E-state index contributed by atoms with van der Waals surface area (Å²) < 4.78 is 2.34. The third-order valence-electron chi connectivity index (χ3n) is 3.66. The summed E-state index contributed by atoms with van der Waals surface area (Å²) in [6.45, 7) is 9.24. The van der Waals surface area contributed by atoms with Crippen molar-refractivity contribution >= 4 is 6.08 Å². The molecule has 0 bridgehead atoms. The first-order valence-corrected chi connectivity index (χ1v) is 6.94. The fraction of sp³-hybridized carbons (Fsp3) is 0.278. The van der Waals surface area contributed by atoms with Gasteiger partial charge in [-0.05, 0) is 12.0 Å². The zero-order chi connectivity index (χ0) is 13.7. The van der Waals surface area contributed by atoms with Crippen molar-refractivity contribution in [2.24, 2.45) is 0 Å². The Morgan fingerprint density at radius 1 is 1.16 bits per heavy atom. The van der Waals surface area contributed by atoms with E-state index in [4.69, 9.17) is 0 Å². The van der Waals surface area contributed by atoms with Gasteiger partial charge in [-0.15, -0.1) is 0 Å². The Kier molecular flexibility index (Phi) is 4.51. The van der Waals surface area contributed by atoms with Crippen molar-refractivity contribution in [3.63, 3.8) is 0 Å². The highest BCUT2D eigenvalue weighted by Crippen LogP contribution is 2.14. The van der Waals surface area contributed by atoms with Gasteiger partial charge in [0.15, 0.2) is 18.4 Å². The van der Waals surface area contributed by atoms with E-state index in [0.29, 0.717) is 5.92 Å². The van der Waals surface area contributed by atoms with Crippen LogP contribution in [-0.4, -0.2) is 0 Å². The highest BCUT2D eigenvalue weighted by atomic mass is 15.0. The SMILES string of the molecule is C=Cc1ccc(C[n+]2ccccc2C(C)CC)cc1. The van der Waals surface area contributed by atoms with Crippen LogP contribution in [-0.2, 0) is 6.54 Å².